The van der Waals surface area contributed by atoms with Gasteiger partial charge >= 0.3 is 0 Å². The molecule has 1 aliphatic rings. The van der Waals surface area contributed by atoms with E-state index in [-0.39, 0.29) is 0 Å². The number of aromatic nitrogens is 2. The summed E-state index contributed by atoms with van der Waals surface area (Å²) in [5.74, 6) is 0.706. The fraction of sp³-hybridized carbons (Fsp3) is 0.769. The van der Waals surface area contributed by atoms with Gasteiger partial charge in [-0.15, -0.1) is 0 Å². The first kappa shape index (κ1) is 12.6. The second-order valence-corrected chi connectivity index (χ2v) is 5.40. The van der Waals surface area contributed by atoms with Gasteiger partial charge in [0.05, 0.1) is 11.4 Å². The van der Waals surface area contributed by atoms with E-state index in [1.807, 2.05) is 11.7 Å². The summed E-state index contributed by atoms with van der Waals surface area (Å²) in [7, 11) is 2.03. The molecule has 96 valence electrons. The van der Waals surface area contributed by atoms with Crippen LogP contribution in [0.15, 0.2) is 6.07 Å². The highest BCUT2D eigenvalue weighted by Gasteiger charge is 2.22. The van der Waals surface area contributed by atoms with E-state index in [2.05, 4.69) is 29.9 Å². The Kier molecular flexibility index (Phi) is 3.84. The highest BCUT2D eigenvalue weighted by atomic mass is 15.3. The first-order valence-electron chi connectivity index (χ1n) is 6.58. The molecule has 1 saturated heterocycles. The molecule has 1 aromatic heterocycles. The van der Waals surface area contributed by atoms with E-state index in [0.29, 0.717) is 12.0 Å². The minimum atomic E-state index is 0.331. The van der Waals surface area contributed by atoms with Crippen molar-refractivity contribution in [2.45, 2.75) is 39.3 Å². The zero-order chi connectivity index (χ0) is 12.4. The summed E-state index contributed by atoms with van der Waals surface area (Å²) in [5.41, 5.74) is 8.55. The first-order chi connectivity index (χ1) is 8.08. The number of rotatable bonds is 3. The molecule has 1 aliphatic heterocycles. The monoisotopic (exact) mass is 236 g/mol. The van der Waals surface area contributed by atoms with Crippen LogP contribution in [0.25, 0.3) is 0 Å². The lowest BCUT2D eigenvalue weighted by atomic mass is 9.96. The number of likely N-dealkylation sites (tertiary alicyclic amines) is 1. The van der Waals surface area contributed by atoms with Crippen LogP contribution in [0.5, 0.6) is 0 Å². The maximum atomic E-state index is 6.07. The highest BCUT2D eigenvalue weighted by Crippen LogP contribution is 2.17. The average Bonchev–Trinajstić information content (AvgIpc) is 2.58. The largest absolute Gasteiger partial charge is 0.327 e. The highest BCUT2D eigenvalue weighted by molar-refractivity contribution is 5.10. The van der Waals surface area contributed by atoms with Crippen LogP contribution in [0, 0.1) is 5.92 Å². The summed E-state index contributed by atoms with van der Waals surface area (Å²) < 4.78 is 2.00. The molecule has 0 saturated carbocycles. The summed E-state index contributed by atoms with van der Waals surface area (Å²) in [6, 6.07) is 2.54. The third-order valence-electron chi connectivity index (χ3n) is 3.54. The van der Waals surface area contributed by atoms with Gasteiger partial charge in [-0.3, -0.25) is 9.58 Å². The molecule has 2 N–H and O–H groups in total. The third-order valence-corrected chi connectivity index (χ3v) is 3.54. The quantitative estimate of drug-likeness (QED) is 0.856. The Bertz CT molecular complexity index is 361. The number of nitrogens with two attached hydrogens (primary N) is 1. The summed E-state index contributed by atoms with van der Waals surface area (Å²) in [4.78, 5) is 2.45. The molecule has 2 atom stereocenters. The van der Waals surface area contributed by atoms with Crippen LogP contribution in [0.4, 0.5) is 0 Å². The Labute approximate surface area is 104 Å². The van der Waals surface area contributed by atoms with Crippen molar-refractivity contribution in [1.82, 2.24) is 14.7 Å². The van der Waals surface area contributed by atoms with Crippen molar-refractivity contribution in [2.75, 3.05) is 13.1 Å². The molecular formula is C13H24N4. The topological polar surface area (TPSA) is 47.1 Å². The van der Waals surface area contributed by atoms with E-state index in [4.69, 9.17) is 5.73 Å². The van der Waals surface area contributed by atoms with E-state index < -0.39 is 0 Å². The molecule has 4 nitrogen and oxygen atoms in total. The Hall–Kier alpha value is -0.870. The van der Waals surface area contributed by atoms with Gasteiger partial charge < -0.3 is 5.73 Å². The Morgan fingerprint density at radius 2 is 2.24 bits per heavy atom. The van der Waals surface area contributed by atoms with Crippen LogP contribution in [0.2, 0.25) is 0 Å². The lowest BCUT2D eigenvalue weighted by molar-refractivity contribution is 0.155. The Morgan fingerprint density at radius 1 is 1.47 bits per heavy atom. The Morgan fingerprint density at radius 3 is 2.82 bits per heavy atom. The maximum Gasteiger partial charge on any atom is 0.0625 e. The SMILES string of the molecule is CCc1cc(CN2CC(C)CC(N)C2)n(C)n1. The van der Waals surface area contributed by atoms with Crippen molar-refractivity contribution in [1.29, 1.82) is 0 Å². The summed E-state index contributed by atoms with van der Waals surface area (Å²) in [5, 5.41) is 4.49. The van der Waals surface area contributed by atoms with Crippen LogP contribution in [0.1, 0.15) is 31.7 Å². The van der Waals surface area contributed by atoms with Crippen LogP contribution in [-0.4, -0.2) is 33.8 Å². The molecule has 0 aromatic carbocycles. The van der Waals surface area contributed by atoms with Crippen LogP contribution in [-0.2, 0) is 20.0 Å². The molecule has 2 rings (SSSR count). The summed E-state index contributed by atoms with van der Waals surface area (Å²) >= 11 is 0. The van der Waals surface area contributed by atoms with E-state index in [1.165, 1.54) is 11.4 Å². The second-order valence-electron chi connectivity index (χ2n) is 5.40. The van der Waals surface area contributed by atoms with Gasteiger partial charge in [-0.2, -0.15) is 5.10 Å². The first-order valence-corrected chi connectivity index (χ1v) is 6.58. The van der Waals surface area contributed by atoms with Crippen LogP contribution in [0.3, 0.4) is 0 Å². The van der Waals surface area contributed by atoms with E-state index in [0.717, 1.165) is 32.5 Å². The molecule has 2 unspecified atom stereocenters. The fourth-order valence-corrected chi connectivity index (χ4v) is 2.76. The zero-order valence-electron chi connectivity index (χ0n) is 11.2. The lowest BCUT2D eigenvalue weighted by Crippen LogP contribution is -2.45. The molecule has 0 amide bonds. The molecule has 1 fully saturated rings. The van der Waals surface area contributed by atoms with Gasteiger partial charge in [0.1, 0.15) is 0 Å². The minimum absolute atomic E-state index is 0.331. The van der Waals surface area contributed by atoms with Gasteiger partial charge in [0, 0.05) is 32.7 Å². The van der Waals surface area contributed by atoms with Gasteiger partial charge in [0.2, 0.25) is 0 Å². The molecule has 0 spiro atoms. The van der Waals surface area contributed by atoms with Crippen molar-refractivity contribution >= 4 is 0 Å². The van der Waals surface area contributed by atoms with E-state index in [9.17, 15) is 0 Å². The van der Waals surface area contributed by atoms with Crippen LogP contribution < -0.4 is 5.73 Å². The predicted octanol–water partition coefficient (Wildman–Crippen LogP) is 1.15. The molecule has 0 aliphatic carbocycles. The van der Waals surface area contributed by atoms with E-state index in [1.54, 1.807) is 0 Å². The average molecular weight is 236 g/mol. The number of nitrogens with zero attached hydrogens (tertiary/aromatic N) is 3. The zero-order valence-corrected chi connectivity index (χ0v) is 11.2. The number of piperidine rings is 1. The minimum Gasteiger partial charge on any atom is -0.327 e. The lowest BCUT2D eigenvalue weighted by Gasteiger charge is -2.34. The maximum absolute atomic E-state index is 6.07. The molecule has 0 bridgehead atoms. The Balaban J connectivity index is 2.01. The van der Waals surface area contributed by atoms with Crippen molar-refractivity contribution in [2.24, 2.45) is 18.7 Å². The molecule has 1 aromatic rings. The molecule has 2 heterocycles. The van der Waals surface area contributed by atoms with Crippen molar-refractivity contribution in [3.8, 4) is 0 Å². The molecule has 17 heavy (non-hydrogen) atoms. The normalized spacial score (nSPS) is 26.4. The summed E-state index contributed by atoms with van der Waals surface area (Å²) in [6.45, 7) is 7.57. The second kappa shape index (κ2) is 5.19. The molecule has 0 radical (unpaired) electrons. The molecule has 4 heteroatoms. The molecular weight excluding hydrogens is 212 g/mol. The van der Waals surface area contributed by atoms with Gasteiger partial charge in [0.25, 0.3) is 0 Å². The fourth-order valence-electron chi connectivity index (χ4n) is 2.76. The van der Waals surface area contributed by atoms with Crippen molar-refractivity contribution < 1.29 is 0 Å². The van der Waals surface area contributed by atoms with Gasteiger partial charge in [0.15, 0.2) is 0 Å². The van der Waals surface area contributed by atoms with Crippen molar-refractivity contribution in [3.05, 3.63) is 17.5 Å². The summed E-state index contributed by atoms with van der Waals surface area (Å²) in [6.07, 6.45) is 2.16. The van der Waals surface area contributed by atoms with Crippen molar-refractivity contribution in [3.63, 3.8) is 0 Å². The smallest absolute Gasteiger partial charge is 0.0625 e. The van der Waals surface area contributed by atoms with E-state index >= 15 is 0 Å². The van der Waals surface area contributed by atoms with Gasteiger partial charge in [-0.1, -0.05) is 13.8 Å². The van der Waals surface area contributed by atoms with Gasteiger partial charge in [-0.25, -0.2) is 0 Å². The van der Waals surface area contributed by atoms with Crippen LogP contribution >= 0.6 is 0 Å². The van der Waals surface area contributed by atoms with Gasteiger partial charge in [-0.05, 0) is 24.8 Å². The number of hydrogen-bond donors (Lipinski definition) is 1. The predicted molar refractivity (Wildman–Crippen MR) is 69.6 cm³/mol. The third kappa shape index (κ3) is 3.07. The standard InChI is InChI=1S/C13H24N4/c1-4-12-6-13(16(3)15-12)9-17-7-10(2)5-11(14)8-17/h6,10-11H,4-5,7-9,14H2,1-3H3. The number of hydrogen-bond acceptors (Lipinski definition) is 3. The number of aryl methyl sites for hydroxylation is 2.